The van der Waals surface area contributed by atoms with E-state index in [2.05, 4.69) is 4.72 Å². The average molecular weight is 359 g/mol. The Morgan fingerprint density at radius 3 is 2.28 bits per heavy atom. The third kappa shape index (κ3) is 3.81. The predicted molar refractivity (Wildman–Crippen MR) is 95.6 cm³/mol. The maximum Gasteiger partial charge on any atom is 0.241 e. The summed E-state index contributed by atoms with van der Waals surface area (Å²) in [6.07, 6.45) is 0. The second-order valence-electron chi connectivity index (χ2n) is 5.77. The van der Waals surface area contributed by atoms with E-state index >= 15 is 0 Å². The second kappa shape index (κ2) is 6.82. The highest BCUT2D eigenvalue weighted by atomic mass is 32.2. The molecule has 0 aromatic heterocycles. The molecular formula is C19H18FNO3S. The van der Waals surface area contributed by atoms with Gasteiger partial charge in [-0.25, -0.2) is 17.5 Å². The fourth-order valence-corrected chi connectivity index (χ4v) is 3.88. The van der Waals surface area contributed by atoms with Crippen molar-refractivity contribution in [1.82, 2.24) is 4.72 Å². The lowest BCUT2D eigenvalue weighted by molar-refractivity contribution is 0.415. The standard InChI is InChI=1S/C19H18FNO3S/c1-13(14-3-7-17(20)8-4-14)21-25(22,23)19-10-6-15-11-18(24-2)9-5-16(15)12-19/h3-13,21H,1-2H3/t13-/m1/s1. The third-order valence-corrected chi connectivity index (χ3v) is 5.57. The minimum Gasteiger partial charge on any atom is -0.497 e. The van der Waals surface area contributed by atoms with Crippen LogP contribution in [-0.2, 0) is 10.0 Å². The van der Waals surface area contributed by atoms with Gasteiger partial charge in [0.25, 0.3) is 0 Å². The van der Waals surface area contributed by atoms with Crippen molar-refractivity contribution in [2.75, 3.05) is 7.11 Å². The van der Waals surface area contributed by atoms with Crippen LogP contribution in [0.1, 0.15) is 18.5 Å². The maximum absolute atomic E-state index is 13.0. The largest absolute Gasteiger partial charge is 0.497 e. The molecule has 0 saturated carbocycles. The minimum absolute atomic E-state index is 0.180. The van der Waals surface area contributed by atoms with Crippen LogP contribution in [0, 0.1) is 5.82 Å². The summed E-state index contributed by atoms with van der Waals surface area (Å²) in [5.74, 6) is 0.356. The van der Waals surface area contributed by atoms with Gasteiger partial charge >= 0.3 is 0 Å². The molecule has 3 rings (SSSR count). The molecule has 1 N–H and O–H groups in total. The van der Waals surface area contributed by atoms with E-state index in [9.17, 15) is 12.8 Å². The maximum atomic E-state index is 13.0. The molecule has 0 spiro atoms. The highest BCUT2D eigenvalue weighted by Gasteiger charge is 2.19. The first kappa shape index (κ1) is 17.4. The smallest absolute Gasteiger partial charge is 0.241 e. The number of methoxy groups -OCH3 is 1. The number of ether oxygens (including phenoxy) is 1. The fourth-order valence-electron chi connectivity index (χ4n) is 2.62. The summed E-state index contributed by atoms with van der Waals surface area (Å²) < 4.78 is 46.1. The molecule has 0 bridgehead atoms. The first-order chi connectivity index (χ1) is 11.9. The normalized spacial score (nSPS) is 12.9. The quantitative estimate of drug-likeness (QED) is 0.748. The van der Waals surface area contributed by atoms with Gasteiger partial charge in [0.2, 0.25) is 10.0 Å². The molecule has 0 amide bonds. The van der Waals surface area contributed by atoms with Crippen molar-refractivity contribution in [3.8, 4) is 5.75 Å². The molecule has 3 aromatic rings. The number of fused-ring (bicyclic) bond motifs is 1. The fraction of sp³-hybridized carbons (Fsp3) is 0.158. The molecule has 0 unspecified atom stereocenters. The van der Waals surface area contributed by atoms with Crippen LogP contribution in [0.4, 0.5) is 4.39 Å². The van der Waals surface area contributed by atoms with Gasteiger partial charge in [0.05, 0.1) is 12.0 Å². The Morgan fingerprint density at radius 2 is 1.60 bits per heavy atom. The molecule has 0 saturated heterocycles. The molecule has 0 radical (unpaired) electrons. The lowest BCUT2D eigenvalue weighted by atomic mass is 10.1. The van der Waals surface area contributed by atoms with Crippen LogP contribution in [0.25, 0.3) is 10.8 Å². The van der Waals surface area contributed by atoms with Gasteiger partial charge in [-0.3, -0.25) is 0 Å². The van der Waals surface area contributed by atoms with E-state index in [4.69, 9.17) is 4.74 Å². The zero-order valence-electron chi connectivity index (χ0n) is 13.9. The van der Waals surface area contributed by atoms with E-state index in [1.807, 2.05) is 12.1 Å². The average Bonchev–Trinajstić information content (AvgIpc) is 2.60. The molecule has 0 heterocycles. The number of hydrogen-bond donors (Lipinski definition) is 1. The Kier molecular flexibility index (Phi) is 4.74. The first-order valence-corrected chi connectivity index (χ1v) is 9.23. The number of nitrogens with one attached hydrogen (secondary N) is 1. The summed E-state index contributed by atoms with van der Waals surface area (Å²) >= 11 is 0. The van der Waals surface area contributed by atoms with Crippen LogP contribution in [-0.4, -0.2) is 15.5 Å². The van der Waals surface area contributed by atoms with Gasteiger partial charge in [0, 0.05) is 6.04 Å². The van der Waals surface area contributed by atoms with E-state index in [1.54, 1.807) is 50.4 Å². The van der Waals surface area contributed by atoms with Gasteiger partial charge in [-0.2, -0.15) is 0 Å². The van der Waals surface area contributed by atoms with Gasteiger partial charge in [0.1, 0.15) is 11.6 Å². The summed E-state index contributed by atoms with van der Waals surface area (Å²) in [5, 5.41) is 1.70. The second-order valence-corrected chi connectivity index (χ2v) is 7.48. The van der Waals surface area contributed by atoms with Crippen LogP contribution in [0.3, 0.4) is 0 Å². The Morgan fingerprint density at radius 1 is 0.960 bits per heavy atom. The topological polar surface area (TPSA) is 55.4 Å². The molecule has 0 aliphatic heterocycles. The summed E-state index contributed by atoms with van der Waals surface area (Å²) in [4.78, 5) is 0.180. The van der Waals surface area contributed by atoms with Crippen LogP contribution < -0.4 is 9.46 Å². The molecule has 0 aliphatic carbocycles. The van der Waals surface area contributed by atoms with Gasteiger partial charge < -0.3 is 4.74 Å². The number of benzene rings is 3. The van der Waals surface area contributed by atoms with Gasteiger partial charge in [-0.1, -0.05) is 24.3 Å². The molecule has 6 heteroatoms. The molecule has 0 fully saturated rings. The van der Waals surface area contributed by atoms with E-state index in [1.165, 1.54) is 12.1 Å². The molecule has 130 valence electrons. The number of hydrogen-bond acceptors (Lipinski definition) is 3. The van der Waals surface area contributed by atoms with Crippen molar-refractivity contribution in [1.29, 1.82) is 0 Å². The zero-order valence-corrected chi connectivity index (χ0v) is 14.7. The van der Waals surface area contributed by atoms with E-state index in [0.29, 0.717) is 11.3 Å². The highest BCUT2D eigenvalue weighted by Crippen LogP contribution is 2.24. The predicted octanol–water partition coefficient (Wildman–Crippen LogP) is 4.03. The van der Waals surface area contributed by atoms with Crippen LogP contribution in [0.5, 0.6) is 5.75 Å². The summed E-state index contributed by atoms with van der Waals surface area (Å²) in [7, 11) is -2.12. The Bertz CT molecular complexity index is 1000. The molecule has 4 nitrogen and oxygen atoms in total. The summed E-state index contributed by atoms with van der Waals surface area (Å²) in [6, 6.07) is 15.6. The monoisotopic (exact) mass is 359 g/mol. The Labute approximate surface area is 146 Å². The van der Waals surface area contributed by atoms with Crippen LogP contribution in [0.2, 0.25) is 0 Å². The van der Waals surface area contributed by atoms with E-state index < -0.39 is 16.1 Å². The van der Waals surface area contributed by atoms with Crippen molar-refractivity contribution >= 4 is 20.8 Å². The Hall–Kier alpha value is -2.44. The lowest BCUT2D eigenvalue weighted by Crippen LogP contribution is -2.26. The number of halogens is 1. The van der Waals surface area contributed by atoms with Crippen molar-refractivity contribution in [2.24, 2.45) is 0 Å². The molecule has 3 aromatic carbocycles. The molecule has 1 atom stereocenters. The molecule has 25 heavy (non-hydrogen) atoms. The van der Waals surface area contributed by atoms with Crippen molar-refractivity contribution in [2.45, 2.75) is 17.9 Å². The Balaban J connectivity index is 1.88. The molecular weight excluding hydrogens is 341 g/mol. The van der Waals surface area contributed by atoms with Crippen molar-refractivity contribution in [3.05, 3.63) is 72.0 Å². The van der Waals surface area contributed by atoms with Gasteiger partial charge in [-0.15, -0.1) is 0 Å². The van der Waals surface area contributed by atoms with E-state index in [0.717, 1.165) is 10.8 Å². The molecule has 0 aliphatic rings. The lowest BCUT2D eigenvalue weighted by Gasteiger charge is -2.15. The van der Waals surface area contributed by atoms with Crippen LogP contribution in [0.15, 0.2) is 65.6 Å². The SMILES string of the molecule is COc1ccc2cc(S(=O)(=O)N[C@H](C)c3ccc(F)cc3)ccc2c1. The van der Waals surface area contributed by atoms with Gasteiger partial charge in [-0.05, 0) is 59.7 Å². The van der Waals surface area contributed by atoms with Crippen molar-refractivity contribution in [3.63, 3.8) is 0 Å². The zero-order chi connectivity index (χ0) is 18.0. The number of rotatable bonds is 5. The summed E-state index contributed by atoms with van der Waals surface area (Å²) in [6.45, 7) is 1.72. The van der Waals surface area contributed by atoms with Crippen molar-refractivity contribution < 1.29 is 17.5 Å². The first-order valence-electron chi connectivity index (χ1n) is 7.75. The highest BCUT2D eigenvalue weighted by molar-refractivity contribution is 7.89. The summed E-state index contributed by atoms with van der Waals surface area (Å²) in [5.41, 5.74) is 0.690. The minimum atomic E-state index is -3.70. The number of sulfonamides is 1. The third-order valence-electron chi connectivity index (χ3n) is 4.03. The van der Waals surface area contributed by atoms with Crippen LogP contribution >= 0.6 is 0 Å². The van der Waals surface area contributed by atoms with E-state index in [-0.39, 0.29) is 10.7 Å². The van der Waals surface area contributed by atoms with Gasteiger partial charge in [0.15, 0.2) is 0 Å².